The predicted molar refractivity (Wildman–Crippen MR) is 87.4 cm³/mol. The van der Waals surface area contributed by atoms with E-state index in [0.29, 0.717) is 37.5 Å². The van der Waals surface area contributed by atoms with E-state index >= 15 is 0 Å². The summed E-state index contributed by atoms with van der Waals surface area (Å²) in [5.41, 5.74) is 1.39. The van der Waals surface area contributed by atoms with Gasteiger partial charge in [0.2, 0.25) is 0 Å². The third-order valence-electron chi connectivity index (χ3n) is 3.64. The van der Waals surface area contributed by atoms with Gasteiger partial charge in [-0.05, 0) is 46.8 Å². The van der Waals surface area contributed by atoms with Gasteiger partial charge in [-0.1, -0.05) is 11.6 Å². The molecule has 122 valence electrons. The van der Waals surface area contributed by atoms with Crippen molar-refractivity contribution in [3.05, 3.63) is 29.3 Å². The summed E-state index contributed by atoms with van der Waals surface area (Å²) in [6.07, 6.45) is -0.428. The Morgan fingerprint density at radius 1 is 0.955 bits per heavy atom. The van der Waals surface area contributed by atoms with Crippen molar-refractivity contribution in [2.75, 3.05) is 26.2 Å². The Morgan fingerprint density at radius 3 is 2.00 bits per heavy atom. The van der Waals surface area contributed by atoms with Crippen molar-refractivity contribution in [2.45, 2.75) is 34.6 Å². The smallest absolute Gasteiger partial charge is 0.409 e. The molecule has 0 fully saturated rings. The molecule has 1 aromatic carbocycles. The summed E-state index contributed by atoms with van der Waals surface area (Å²) in [7, 11) is 0. The highest BCUT2D eigenvalue weighted by Crippen LogP contribution is 2.22. The molecule has 0 saturated carbocycles. The van der Waals surface area contributed by atoms with Crippen LogP contribution in [0.2, 0.25) is 0 Å². The standard InChI is InChI=1S/C17H26N2O3/c1-6-18(7-2)16(20)14-12-13(5)10-11-15(14)22-17(21)19(8-3)9-4/h10-12H,6-9H2,1-5H3. The molecule has 5 nitrogen and oxygen atoms in total. The zero-order chi connectivity index (χ0) is 16.7. The number of hydrogen-bond donors (Lipinski definition) is 0. The van der Waals surface area contributed by atoms with Gasteiger partial charge in [-0.15, -0.1) is 0 Å². The molecule has 0 radical (unpaired) electrons. The van der Waals surface area contributed by atoms with Crippen LogP contribution in [0.3, 0.4) is 0 Å². The molecule has 0 aliphatic rings. The SMILES string of the molecule is CCN(CC)C(=O)Oc1ccc(C)cc1C(=O)N(CC)CC. The summed E-state index contributed by atoms with van der Waals surface area (Å²) in [6.45, 7) is 11.9. The lowest BCUT2D eigenvalue weighted by Gasteiger charge is -2.22. The Kier molecular flexibility index (Phi) is 6.89. The topological polar surface area (TPSA) is 49.9 Å². The maximum absolute atomic E-state index is 12.6. The first-order chi connectivity index (χ1) is 10.5. The molecule has 0 N–H and O–H groups in total. The number of rotatable bonds is 6. The first-order valence-corrected chi connectivity index (χ1v) is 7.85. The number of ether oxygens (including phenoxy) is 1. The molecule has 0 aliphatic heterocycles. The molecule has 0 heterocycles. The largest absolute Gasteiger partial charge is 0.415 e. The normalized spacial score (nSPS) is 10.2. The quantitative estimate of drug-likeness (QED) is 0.810. The number of carbonyl (C=O) groups is 2. The molecule has 1 rings (SSSR count). The number of hydrogen-bond acceptors (Lipinski definition) is 3. The molecule has 22 heavy (non-hydrogen) atoms. The van der Waals surface area contributed by atoms with Crippen molar-refractivity contribution in [1.82, 2.24) is 9.80 Å². The highest BCUT2D eigenvalue weighted by molar-refractivity contribution is 5.97. The van der Waals surface area contributed by atoms with Gasteiger partial charge in [0.05, 0.1) is 5.56 Å². The van der Waals surface area contributed by atoms with E-state index in [1.807, 2.05) is 40.7 Å². The summed E-state index contributed by atoms with van der Waals surface area (Å²) in [5, 5.41) is 0. The van der Waals surface area contributed by atoms with E-state index in [1.165, 1.54) is 0 Å². The van der Waals surface area contributed by atoms with E-state index in [4.69, 9.17) is 4.74 Å². The van der Waals surface area contributed by atoms with E-state index in [-0.39, 0.29) is 5.91 Å². The van der Waals surface area contributed by atoms with Gasteiger partial charge in [0, 0.05) is 26.2 Å². The zero-order valence-corrected chi connectivity index (χ0v) is 14.2. The van der Waals surface area contributed by atoms with Crippen LogP contribution in [0.25, 0.3) is 0 Å². The second-order valence-corrected chi connectivity index (χ2v) is 5.02. The average molecular weight is 306 g/mol. The lowest BCUT2D eigenvalue weighted by atomic mass is 10.1. The fourth-order valence-corrected chi connectivity index (χ4v) is 2.22. The van der Waals surface area contributed by atoms with Crippen LogP contribution >= 0.6 is 0 Å². The Balaban J connectivity index is 3.10. The molecule has 0 unspecified atom stereocenters. The third kappa shape index (κ3) is 4.23. The van der Waals surface area contributed by atoms with Gasteiger partial charge in [-0.2, -0.15) is 0 Å². The summed E-state index contributed by atoms with van der Waals surface area (Å²) in [6, 6.07) is 5.29. The van der Waals surface area contributed by atoms with Gasteiger partial charge in [0.1, 0.15) is 5.75 Å². The van der Waals surface area contributed by atoms with Crippen molar-refractivity contribution in [1.29, 1.82) is 0 Å². The van der Waals surface area contributed by atoms with Crippen LogP contribution in [0, 0.1) is 6.92 Å². The van der Waals surface area contributed by atoms with E-state index in [0.717, 1.165) is 5.56 Å². The summed E-state index contributed by atoms with van der Waals surface area (Å²) in [5.74, 6) is 0.204. The Hall–Kier alpha value is -2.04. The highest BCUT2D eigenvalue weighted by Gasteiger charge is 2.21. The van der Waals surface area contributed by atoms with Crippen LogP contribution < -0.4 is 4.74 Å². The van der Waals surface area contributed by atoms with Gasteiger partial charge >= 0.3 is 6.09 Å². The van der Waals surface area contributed by atoms with Crippen LogP contribution in [-0.2, 0) is 0 Å². The van der Waals surface area contributed by atoms with Crippen LogP contribution in [0.1, 0.15) is 43.6 Å². The van der Waals surface area contributed by atoms with Crippen molar-refractivity contribution in [3.63, 3.8) is 0 Å². The maximum Gasteiger partial charge on any atom is 0.415 e. The first-order valence-electron chi connectivity index (χ1n) is 7.85. The summed E-state index contributed by atoms with van der Waals surface area (Å²) in [4.78, 5) is 28.0. The molecule has 0 aromatic heterocycles. The molecule has 2 amide bonds. The molecule has 0 bridgehead atoms. The van der Waals surface area contributed by atoms with Crippen LogP contribution in [0.15, 0.2) is 18.2 Å². The number of amides is 2. The number of aryl methyl sites for hydroxylation is 1. The number of benzene rings is 1. The lowest BCUT2D eigenvalue weighted by molar-refractivity contribution is 0.0769. The third-order valence-corrected chi connectivity index (χ3v) is 3.64. The summed E-state index contributed by atoms with van der Waals surface area (Å²) < 4.78 is 5.44. The Labute approximate surface area is 132 Å². The van der Waals surface area contributed by atoms with Crippen LogP contribution in [-0.4, -0.2) is 48.0 Å². The van der Waals surface area contributed by atoms with Gasteiger partial charge < -0.3 is 14.5 Å². The first kappa shape index (κ1) is 18.0. The van der Waals surface area contributed by atoms with Crippen LogP contribution in [0.5, 0.6) is 5.75 Å². The number of nitrogens with zero attached hydrogens (tertiary/aromatic N) is 2. The molecule has 1 aromatic rings. The molecule has 0 aliphatic carbocycles. The second-order valence-electron chi connectivity index (χ2n) is 5.02. The molecular formula is C17H26N2O3. The van der Waals surface area contributed by atoms with Crippen molar-refractivity contribution < 1.29 is 14.3 Å². The zero-order valence-electron chi connectivity index (χ0n) is 14.2. The Morgan fingerprint density at radius 2 is 1.50 bits per heavy atom. The number of carbonyl (C=O) groups excluding carboxylic acids is 2. The maximum atomic E-state index is 12.6. The van der Waals surface area contributed by atoms with E-state index in [2.05, 4.69) is 0 Å². The van der Waals surface area contributed by atoms with Crippen molar-refractivity contribution >= 4 is 12.0 Å². The predicted octanol–water partition coefficient (Wildman–Crippen LogP) is 3.32. The fourth-order valence-electron chi connectivity index (χ4n) is 2.22. The minimum absolute atomic E-state index is 0.115. The second kappa shape index (κ2) is 8.41. The van der Waals surface area contributed by atoms with Gasteiger partial charge in [0.15, 0.2) is 0 Å². The minimum Gasteiger partial charge on any atom is -0.409 e. The Bertz CT molecular complexity index is 521. The molecule has 0 spiro atoms. The van der Waals surface area contributed by atoms with E-state index in [9.17, 15) is 9.59 Å². The van der Waals surface area contributed by atoms with E-state index in [1.54, 1.807) is 21.9 Å². The molecular weight excluding hydrogens is 280 g/mol. The van der Waals surface area contributed by atoms with Crippen molar-refractivity contribution in [2.24, 2.45) is 0 Å². The summed E-state index contributed by atoms with van der Waals surface area (Å²) >= 11 is 0. The monoisotopic (exact) mass is 306 g/mol. The lowest BCUT2D eigenvalue weighted by Crippen LogP contribution is -2.34. The average Bonchev–Trinajstić information content (AvgIpc) is 2.51. The van der Waals surface area contributed by atoms with E-state index < -0.39 is 6.09 Å². The minimum atomic E-state index is -0.428. The highest BCUT2D eigenvalue weighted by atomic mass is 16.6. The molecule has 0 atom stereocenters. The van der Waals surface area contributed by atoms with Gasteiger partial charge in [-0.25, -0.2) is 4.79 Å². The molecule has 5 heteroatoms. The fraction of sp³-hybridized carbons (Fsp3) is 0.529. The van der Waals surface area contributed by atoms with Crippen molar-refractivity contribution in [3.8, 4) is 5.75 Å². The molecule has 0 saturated heterocycles. The van der Waals surface area contributed by atoms with Crippen LogP contribution in [0.4, 0.5) is 4.79 Å². The van der Waals surface area contributed by atoms with Gasteiger partial charge in [-0.3, -0.25) is 4.79 Å². The van der Waals surface area contributed by atoms with Gasteiger partial charge in [0.25, 0.3) is 5.91 Å².